The van der Waals surface area contributed by atoms with Gasteiger partial charge in [0.25, 0.3) is 0 Å². The molecule has 2 aromatic heterocycles. The summed E-state index contributed by atoms with van der Waals surface area (Å²) < 4.78 is 48.2. The van der Waals surface area contributed by atoms with Crippen LogP contribution in [-0.4, -0.2) is 88.0 Å². The lowest BCUT2D eigenvalue weighted by molar-refractivity contribution is -0.145. The summed E-state index contributed by atoms with van der Waals surface area (Å²) in [6.07, 6.45) is 1.09. The normalized spacial score (nSPS) is 31.6. The van der Waals surface area contributed by atoms with Crippen molar-refractivity contribution in [2.24, 2.45) is 0 Å². The van der Waals surface area contributed by atoms with E-state index in [1.165, 1.54) is 10.9 Å². The smallest absolute Gasteiger partial charge is 0.194 e. The van der Waals surface area contributed by atoms with E-state index in [0.717, 1.165) is 17.7 Å². The third-order valence-corrected chi connectivity index (χ3v) is 11.7. The summed E-state index contributed by atoms with van der Waals surface area (Å²) in [5.41, 5.74) is -0.452. The van der Waals surface area contributed by atoms with Gasteiger partial charge in [-0.25, -0.2) is 28.7 Å². The van der Waals surface area contributed by atoms with Gasteiger partial charge in [0.1, 0.15) is 11.7 Å². The number of thiol groups is 1. The fourth-order valence-corrected chi connectivity index (χ4v) is 10.0. The Morgan fingerprint density at radius 2 is 1.90 bits per heavy atom. The lowest BCUT2D eigenvalue weighted by Crippen LogP contribution is -2.55. The highest BCUT2D eigenvalue weighted by molar-refractivity contribution is 8.18. The molecule has 0 amide bonds. The minimum Gasteiger partial charge on any atom is -0.395 e. The monoisotopic (exact) mass is 596 g/mol. The van der Waals surface area contributed by atoms with E-state index < -0.39 is 74.9 Å². The van der Waals surface area contributed by atoms with Gasteiger partial charge in [-0.05, 0) is 44.5 Å². The molecule has 0 radical (unpaired) electrons. The summed E-state index contributed by atoms with van der Waals surface area (Å²) in [5.74, 6) is -4.24. The molecule has 0 saturated carbocycles. The maximum Gasteiger partial charge on any atom is 0.194 e. The van der Waals surface area contributed by atoms with E-state index in [1.807, 2.05) is 26.8 Å². The molecule has 2 aliphatic rings. The number of aliphatic hydroxyl groups is 4. The molecule has 41 heavy (non-hydrogen) atoms. The van der Waals surface area contributed by atoms with Crippen molar-refractivity contribution in [3.8, 4) is 11.3 Å². The Morgan fingerprint density at radius 3 is 2.54 bits per heavy atom. The van der Waals surface area contributed by atoms with Crippen LogP contribution in [0.4, 0.5) is 13.2 Å². The van der Waals surface area contributed by atoms with E-state index in [4.69, 9.17) is 4.74 Å². The van der Waals surface area contributed by atoms with Crippen molar-refractivity contribution in [2.75, 3.05) is 19.0 Å². The van der Waals surface area contributed by atoms with Crippen molar-refractivity contribution >= 4 is 10.9 Å². The zero-order valence-corrected chi connectivity index (χ0v) is 23.8. The van der Waals surface area contributed by atoms with Crippen LogP contribution >= 0.6 is 10.9 Å². The number of aromatic nitrogens is 4. The van der Waals surface area contributed by atoms with E-state index in [9.17, 15) is 33.6 Å². The molecule has 1 aromatic carbocycles. The van der Waals surface area contributed by atoms with Gasteiger partial charge in [0.2, 0.25) is 0 Å². The number of aryl methyl sites for hydroxylation is 1. The Labute approximate surface area is 238 Å². The van der Waals surface area contributed by atoms with Crippen LogP contribution in [0.3, 0.4) is 0 Å². The Kier molecular flexibility index (Phi) is 8.22. The average molecular weight is 597 g/mol. The zero-order chi connectivity index (χ0) is 29.7. The van der Waals surface area contributed by atoms with Gasteiger partial charge in [0.15, 0.2) is 17.5 Å². The number of hydrogen-bond donors (Lipinski definition) is 5. The lowest BCUT2D eigenvalue weighted by atomic mass is 9.80. The third-order valence-electron chi connectivity index (χ3n) is 8.15. The number of rotatable bonds is 6. The van der Waals surface area contributed by atoms with Gasteiger partial charge in [0.05, 0.1) is 53.8 Å². The molecule has 224 valence electrons. The largest absolute Gasteiger partial charge is 0.395 e. The van der Waals surface area contributed by atoms with Crippen LogP contribution in [0, 0.1) is 24.4 Å². The molecular weight excluding hydrogens is 561 g/mol. The van der Waals surface area contributed by atoms with Crippen molar-refractivity contribution in [3.63, 3.8) is 0 Å². The van der Waals surface area contributed by atoms with Crippen molar-refractivity contribution in [3.05, 3.63) is 65.4 Å². The number of ether oxygens (including phenoxy) is 1. The molecule has 4 heterocycles. The summed E-state index contributed by atoms with van der Waals surface area (Å²) in [7, 11) is -1.47. The Bertz CT molecular complexity index is 1390. The SMILES string of the molecule is Cc1cccnc1[C@@H]([SH]1C[C@H](O)[C@H](n2cc(-c3cc(F)c(F)c(F)c3)nn2)[C@@H](O)[C@H]1CO)[C@]1(O)CCOC(C)(C)C1. The van der Waals surface area contributed by atoms with Gasteiger partial charge in [-0.1, -0.05) is 11.3 Å². The Hall–Kier alpha value is -2.55. The highest BCUT2D eigenvalue weighted by Gasteiger charge is 2.54. The van der Waals surface area contributed by atoms with Crippen LogP contribution in [0.25, 0.3) is 11.3 Å². The van der Waals surface area contributed by atoms with Crippen LogP contribution in [0.1, 0.15) is 49.2 Å². The number of nitrogens with zero attached hydrogens (tertiary/aromatic N) is 4. The van der Waals surface area contributed by atoms with Gasteiger partial charge in [-0.15, -0.1) is 5.10 Å². The highest BCUT2D eigenvalue weighted by atomic mass is 32.2. The minimum absolute atomic E-state index is 0.0105. The predicted octanol–water partition coefficient (Wildman–Crippen LogP) is 2.77. The number of aliphatic hydroxyl groups excluding tert-OH is 3. The first-order chi connectivity index (χ1) is 19.3. The molecule has 4 N–H and O–H groups in total. The standard InChI is InChI=1S/C28H35F3N4O5S/c1-15-5-4-7-32-23(15)26(28(39)6-8-40-27(2,3)14-28)41-13-20(37)24(25(38)21(41)12-36)35-11-19(33-34-35)16-9-17(29)22(31)18(30)10-16/h4-5,7,9-11,20-21,24-26,36-39,41H,6,8,12-14H2,1-3H3/t20-,21+,24-,25-,26+,28-/m0/s1. The summed E-state index contributed by atoms with van der Waals surface area (Å²) >= 11 is 0. The quantitative estimate of drug-likeness (QED) is 0.217. The molecule has 5 rings (SSSR count). The number of hydrogen-bond acceptors (Lipinski definition) is 8. The minimum atomic E-state index is -1.61. The maximum absolute atomic E-state index is 13.8. The van der Waals surface area contributed by atoms with E-state index in [1.54, 1.807) is 12.3 Å². The van der Waals surface area contributed by atoms with Crippen LogP contribution in [0.5, 0.6) is 0 Å². The van der Waals surface area contributed by atoms with E-state index >= 15 is 0 Å². The summed E-state index contributed by atoms with van der Waals surface area (Å²) in [4.78, 5) is 4.63. The van der Waals surface area contributed by atoms with Gasteiger partial charge in [-0.3, -0.25) is 4.98 Å². The van der Waals surface area contributed by atoms with Gasteiger partial charge in [-0.2, -0.15) is 0 Å². The van der Waals surface area contributed by atoms with Crippen LogP contribution in [0.2, 0.25) is 0 Å². The zero-order valence-electron chi connectivity index (χ0n) is 23.0. The molecule has 13 heteroatoms. The summed E-state index contributed by atoms with van der Waals surface area (Å²) in [5, 5.41) is 52.4. The second-order valence-electron chi connectivity index (χ2n) is 11.6. The van der Waals surface area contributed by atoms with Crippen LogP contribution in [0.15, 0.2) is 36.7 Å². The molecular formula is C28H35F3N4O5S. The summed E-state index contributed by atoms with van der Waals surface area (Å²) in [6, 6.07) is 4.21. The lowest BCUT2D eigenvalue weighted by Gasteiger charge is -2.54. The predicted molar refractivity (Wildman–Crippen MR) is 147 cm³/mol. The van der Waals surface area contributed by atoms with Crippen molar-refractivity contribution < 1.29 is 38.3 Å². The van der Waals surface area contributed by atoms with Gasteiger partial charge < -0.3 is 25.2 Å². The second kappa shape index (κ2) is 11.3. The van der Waals surface area contributed by atoms with E-state index in [2.05, 4.69) is 15.3 Å². The molecule has 0 bridgehead atoms. The fraction of sp³-hybridized carbons (Fsp3) is 0.536. The number of halogens is 3. The fourth-order valence-electron chi connectivity index (χ4n) is 6.33. The maximum atomic E-state index is 13.8. The Balaban J connectivity index is 1.51. The molecule has 1 unspecified atom stereocenters. The average Bonchev–Trinajstić information content (AvgIpc) is 3.37. The Morgan fingerprint density at radius 1 is 1.20 bits per heavy atom. The number of pyridine rings is 1. The van der Waals surface area contributed by atoms with Crippen LogP contribution in [-0.2, 0) is 4.74 Å². The first-order valence-corrected chi connectivity index (χ1v) is 15.1. The van der Waals surface area contributed by atoms with E-state index in [0.29, 0.717) is 25.1 Å². The summed E-state index contributed by atoms with van der Waals surface area (Å²) in [6.45, 7) is 5.59. The first kappa shape index (κ1) is 29.9. The molecule has 9 nitrogen and oxygen atoms in total. The van der Waals surface area contributed by atoms with Crippen molar-refractivity contribution in [2.45, 2.75) is 73.6 Å². The molecule has 2 saturated heterocycles. The van der Waals surface area contributed by atoms with Crippen molar-refractivity contribution in [1.82, 2.24) is 20.0 Å². The highest BCUT2D eigenvalue weighted by Crippen LogP contribution is 2.60. The van der Waals surface area contributed by atoms with E-state index in [-0.39, 0.29) is 17.0 Å². The molecule has 7 atom stereocenters. The molecule has 2 fully saturated rings. The third kappa shape index (κ3) is 5.63. The topological polar surface area (TPSA) is 134 Å². The number of benzene rings is 1. The van der Waals surface area contributed by atoms with Crippen molar-refractivity contribution in [1.29, 1.82) is 0 Å². The molecule has 0 spiro atoms. The second-order valence-corrected chi connectivity index (χ2v) is 14.2. The molecule has 3 aromatic rings. The van der Waals surface area contributed by atoms with Gasteiger partial charge in [0, 0.05) is 35.6 Å². The molecule has 2 aliphatic heterocycles. The van der Waals surface area contributed by atoms with Gasteiger partial charge >= 0.3 is 0 Å². The molecule has 0 aliphatic carbocycles. The first-order valence-electron chi connectivity index (χ1n) is 13.4. The van der Waals surface area contributed by atoms with Crippen LogP contribution < -0.4 is 0 Å².